The molecule has 1 heterocycles. The lowest BCUT2D eigenvalue weighted by atomic mass is 10.2. The van der Waals surface area contributed by atoms with E-state index in [0.29, 0.717) is 23.8 Å². The number of hydrogen-bond donors (Lipinski definition) is 1. The molecule has 4 nitrogen and oxygen atoms in total. The molecule has 3 aromatic rings. The number of anilines is 1. The maximum Gasteiger partial charge on any atom is 0.226 e. The second-order valence-electron chi connectivity index (χ2n) is 5.45. The standard InChI is InChI=1S/C19H17FN2O2/c1-13-17(22-19(24-13)14-6-3-2-4-7-14)10-11-18(23)21-16-9-5-8-15(20)12-16/h2-9,12H,10-11H2,1H3,(H,21,23). The number of rotatable bonds is 5. The summed E-state index contributed by atoms with van der Waals surface area (Å²) in [5.41, 5.74) is 2.10. The Balaban J connectivity index is 1.62. The van der Waals surface area contributed by atoms with Crippen LogP contribution in [-0.4, -0.2) is 10.9 Å². The molecule has 1 aromatic heterocycles. The maximum absolute atomic E-state index is 13.1. The van der Waals surface area contributed by atoms with Gasteiger partial charge in [-0.25, -0.2) is 9.37 Å². The molecule has 0 atom stereocenters. The Labute approximate surface area is 139 Å². The van der Waals surface area contributed by atoms with E-state index in [2.05, 4.69) is 10.3 Å². The van der Waals surface area contributed by atoms with Gasteiger partial charge in [-0.15, -0.1) is 0 Å². The third-order valence-electron chi connectivity index (χ3n) is 3.61. The van der Waals surface area contributed by atoms with Crippen LogP contribution >= 0.6 is 0 Å². The van der Waals surface area contributed by atoms with E-state index in [-0.39, 0.29) is 18.1 Å². The van der Waals surface area contributed by atoms with E-state index >= 15 is 0 Å². The molecule has 0 spiro atoms. The summed E-state index contributed by atoms with van der Waals surface area (Å²) in [7, 11) is 0. The van der Waals surface area contributed by atoms with Gasteiger partial charge in [0.25, 0.3) is 0 Å². The van der Waals surface area contributed by atoms with Crippen molar-refractivity contribution in [1.82, 2.24) is 4.98 Å². The van der Waals surface area contributed by atoms with Gasteiger partial charge in [-0.3, -0.25) is 4.79 Å². The van der Waals surface area contributed by atoms with Crippen molar-refractivity contribution in [3.05, 3.63) is 71.9 Å². The molecule has 0 aliphatic carbocycles. The molecule has 0 saturated heterocycles. The number of hydrogen-bond acceptors (Lipinski definition) is 3. The highest BCUT2D eigenvalue weighted by Gasteiger charge is 2.13. The van der Waals surface area contributed by atoms with E-state index in [0.717, 1.165) is 11.3 Å². The summed E-state index contributed by atoms with van der Waals surface area (Å²) < 4.78 is 18.8. The predicted octanol–water partition coefficient (Wildman–Crippen LogP) is 4.36. The second kappa shape index (κ2) is 7.08. The molecule has 1 N–H and O–H groups in total. The van der Waals surface area contributed by atoms with Gasteiger partial charge in [-0.1, -0.05) is 24.3 Å². The van der Waals surface area contributed by atoms with Crippen molar-refractivity contribution in [2.45, 2.75) is 19.8 Å². The maximum atomic E-state index is 13.1. The molecule has 0 radical (unpaired) electrons. The van der Waals surface area contributed by atoms with Crippen LogP contribution in [0, 0.1) is 12.7 Å². The summed E-state index contributed by atoms with van der Waals surface area (Å²) in [6, 6.07) is 15.4. The van der Waals surface area contributed by atoms with Crippen molar-refractivity contribution in [3.63, 3.8) is 0 Å². The average Bonchev–Trinajstić information content (AvgIpc) is 2.95. The van der Waals surface area contributed by atoms with Crippen LogP contribution in [0.4, 0.5) is 10.1 Å². The summed E-state index contributed by atoms with van der Waals surface area (Å²) >= 11 is 0. The first kappa shape index (κ1) is 15.9. The number of oxazole rings is 1. The van der Waals surface area contributed by atoms with Crippen molar-refractivity contribution >= 4 is 11.6 Å². The number of carbonyl (C=O) groups excluding carboxylic acids is 1. The molecule has 2 aromatic carbocycles. The minimum absolute atomic E-state index is 0.190. The highest BCUT2D eigenvalue weighted by Crippen LogP contribution is 2.22. The highest BCUT2D eigenvalue weighted by atomic mass is 19.1. The van der Waals surface area contributed by atoms with Crippen molar-refractivity contribution in [3.8, 4) is 11.5 Å². The molecular weight excluding hydrogens is 307 g/mol. The van der Waals surface area contributed by atoms with Gasteiger partial charge in [0, 0.05) is 24.1 Å². The van der Waals surface area contributed by atoms with E-state index in [1.165, 1.54) is 12.1 Å². The van der Waals surface area contributed by atoms with Crippen molar-refractivity contribution in [1.29, 1.82) is 0 Å². The fourth-order valence-corrected chi connectivity index (χ4v) is 2.39. The van der Waals surface area contributed by atoms with Gasteiger partial charge in [0.2, 0.25) is 11.8 Å². The van der Waals surface area contributed by atoms with Gasteiger partial charge in [0.15, 0.2) is 0 Å². The Morgan fingerprint density at radius 1 is 1.17 bits per heavy atom. The van der Waals surface area contributed by atoms with E-state index < -0.39 is 0 Å². The summed E-state index contributed by atoms with van der Waals surface area (Å²) in [6.45, 7) is 1.83. The van der Waals surface area contributed by atoms with E-state index in [1.54, 1.807) is 12.1 Å². The number of halogens is 1. The lowest BCUT2D eigenvalue weighted by molar-refractivity contribution is -0.116. The van der Waals surface area contributed by atoms with Crippen LogP contribution in [0.25, 0.3) is 11.5 Å². The van der Waals surface area contributed by atoms with Crippen LogP contribution in [0.1, 0.15) is 17.9 Å². The molecule has 3 rings (SSSR count). The topological polar surface area (TPSA) is 55.1 Å². The Bertz CT molecular complexity index is 844. The Hall–Kier alpha value is -2.95. The summed E-state index contributed by atoms with van der Waals surface area (Å²) in [5, 5.41) is 2.67. The van der Waals surface area contributed by atoms with Gasteiger partial charge < -0.3 is 9.73 Å². The van der Waals surface area contributed by atoms with Gasteiger partial charge in [0.1, 0.15) is 11.6 Å². The summed E-state index contributed by atoms with van der Waals surface area (Å²) in [6.07, 6.45) is 0.710. The van der Waals surface area contributed by atoms with Crippen LogP contribution in [0.3, 0.4) is 0 Å². The SMILES string of the molecule is Cc1oc(-c2ccccc2)nc1CCC(=O)Nc1cccc(F)c1. The first-order valence-electron chi connectivity index (χ1n) is 7.69. The molecular formula is C19H17FN2O2. The van der Waals surface area contributed by atoms with Gasteiger partial charge in [-0.2, -0.15) is 0 Å². The lowest BCUT2D eigenvalue weighted by Crippen LogP contribution is -2.12. The number of carbonyl (C=O) groups is 1. The number of amides is 1. The monoisotopic (exact) mass is 324 g/mol. The first-order chi connectivity index (χ1) is 11.6. The van der Waals surface area contributed by atoms with Crippen molar-refractivity contribution < 1.29 is 13.6 Å². The Morgan fingerprint density at radius 2 is 1.96 bits per heavy atom. The molecule has 0 bridgehead atoms. The van der Waals surface area contributed by atoms with Crippen LogP contribution in [0.15, 0.2) is 59.0 Å². The molecule has 5 heteroatoms. The number of aryl methyl sites for hydroxylation is 2. The number of benzene rings is 2. The zero-order chi connectivity index (χ0) is 16.9. The molecule has 1 amide bonds. The molecule has 0 aliphatic rings. The molecule has 0 saturated carbocycles. The fraction of sp³-hybridized carbons (Fsp3) is 0.158. The van der Waals surface area contributed by atoms with Crippen LogP contribution < -0.4 is 5.32 Å². The van der Waals surface area contributed by atoms with Crippen LogP contribution in [-0.2, 0) is 11.2 Å². The molecule has 0 fully saturated rings. The lowest BCUT2D eigenvalue weighted by Gasteiger charge is -2.04. The predicted molar refractivity (Wildman–Crippen MR) is 90.0 cm³/mol. The highest BCUT2D eigenvalue weighted by molar-refractivity contribution is 5.90. The number of nitrogens with zero attached hydrogens (tertiary/aromatic N) is 1. The number of aromatic nitrogens is 1. The minimum Gasteiger partial charge on any atom is -0.441 e. The average molecular weight is 324 g/mol. The molecule has 122 valence electrons. The van der Waals surface area contributed by atoms with Gasteiger partial charge in [-0.05, 0) is 37.3 Å². The first-order valence-corrected chi connectivity index (χ1v) is 7.69. The van der Waals surface area contributed by atoms with Crippen LogP contribution in [0.5, 0.6) is 0 Å². The largest absolute Gasteiger partial charge is 0.441 e. The fourth-order valence-electron chi connectivity index (χ4n) is 2.39. The Kier molecular flexibility index (Phi) is 4.70. The van der Waals surface area contributed by atoms with Gasteiger partial charge >= 0.3 is 0 Å². The quantitative estimate of drug-likeness (QED) is 0.758. The van der Waals surface area contributed by atoms with Crippen molar-refractivity contribution in [2.75, 3.05) is 5.32 Å². The van der Waals surface area contributed by atoms with E-state index in [1.807, 2.05) is 37.3 Å². The third kappa shape index (κ3) is 3.87. The summed E-state index contributed by atoms with van der Waals surface area (Å²) in [5.74, 6) is 0.679. The zero-order valence-electron chi connectivity index (χ0n) is 13.3. The van der Waals surface area contributed by atoms with Crippen LogP contribution in [0.2, 0.25) is 0 Å². The number of nitrogens with one attached hydrogen (secondary N) is 1. The Morgan fingerprint density at radius 3 is 2.71 bits per heavy atom. The van der Waals surface area contributed by atoms with E-state index in [9.17, 15) is 9.18 Å². The molecule has 24 heavy (non-hydrogen) atoms. The van der Waals surface area contributed by atoms with Gasteiger partial charge in [0.05, 0.1) is 5.69 Å². The third-order valence-corrected chi connectivity index (χ3v) is 3.61. The zero-order valence-corrected chi connectivity index (χ0v) is 13.3. The second-order valence-corrected chi connectivity index (χ2v) is 5.45. The molecule has 0 unspecified atom stereocenters. The minimum atomic E-state index is -0.382. The smallest absolute Gasteiger partial charge is 0.226 e. The summed E-state index contributed by atoms with van der Waals surface area (Å²) in [4.78, 5) is 16.5. The molecule has 0 aliphatic heterocycles. The normalized spacial score (nSPS) is 10.6. The van der Waals surface area contributed by atoms with E-state index in [4.69, 9.17) is 4.42 Å². The van der Waals surface area contributed by atoms with Crippen molar-refractivity contribution in [2.24, 2.45) is 0 Å².